The molecule has 0 radical (unpaired) electrons. The predicted molar refractivity (Wildman–Crippen MR) is 114 cm³/mol. The van der Waals surface area contributed by atoms with Crippen LogP contribution in [0.2, 0.25) is 0 Å². The van der Waals surface area contributed by atoms with Crippen molar-refractivity contribution < 1.29 is 9.59 Å². The number of thiophene rings is 1. The molecule has 0 aliphatic heterocycles. The maximum Gasteiger partial charge on any atom is 0.258 e. The van der Waals surface area contributed by atoms with Gasteiger partial charge in [-0.2, -0.15) is 0 Å². The van der Waals surface area contributed by atoms with Crippen LogP contribution in [-0.2, 0) is 12.8 Å². The molecule has 0 saturated heterocycles. The minimum atomic E-state index is -0.194. The summed E-state index contributed by atoms with van der Waals surface area (Å²) in [5.74, 6) is 0.233. The highest BCUT2D eigenvalue weighted by Gasteiger charge is 2.28. The van der Waals surface area contributed by atoms with Gasteiger partial charge in [0.1, 0.15) is 5.00 Å². The number of hydrogen-bond donors (Lipinski definition) is 2. The molecule has 0 bridgehead atoms. The Morgan fingerprint density at radius 3 is 2.32 bits per heavy atom. The van der Waals surface area contributed by atoms with Gasteiger partial charge in [0.25, 0.3) is 11.8 Å². The van der Waals surface area contributed by atoms with Crippen LogP contribution in [0.15, 0.2) is 60.7 Å². The van der Waals surface area contributed by atoms with Crippen LogP contribution in [0.5, 0.6) is 0 Å². The summed E-state index contributed by atoms with van der Waals surface area (Å²) in [6, 6.07) is 18.5. The standard InChI is InChI=1S/C23H22N2O2S/c1-15-12-13-18-19(14-15)28-23(25-21(26)16-8-4-2-5-9-16)20(18)22(27)24-17-10-6-3-7-11-17/h2-11,15H,12-14H2,1H3,(H,24,27)(H,25,26)/t15-/m0/s1. The Morgan fingerprint density at radius 2 is 1.61 bits per heavy atom. The van der Waals surface area contributed by atoms with Gasteiger partial charge in [-0.05, 0) is 55.0 Å². The fourth-order valence-electron chi connectivity index (χ4n) is 3.56. The van der Waals surface area contributed by atoms with Gasteiger partial charge in [0.2, 0.25) is 0 Å². The molecule has 28 heavy (non-hydrogen) atoms. The van der Waals surface area contributed by atoms with E-state index in [2.05, 4.69) is 17.6 Å². The molecule has 5 heteroatoms. The zero-order valence-electron chi connectivity index (χ0n) is 15.7. The fourth-order valence-corrected chi connectivity index (χ4v) is 4.96. The van der Waals surface area contributed by atoms with Crippen LogP contribution in [0, 0.1) is 5.92 Å². The number of anilines is 2. The van der Waals surface area contributed by atoms with Crippen LogP contribution in [0.25, 0.3) is 0 Å². The quantitative estimate of drug-likeness (QED) is 0.628. The SMILES string of the molecule is C[C@H]1CCc2c(sc(NC(=O)c3ccccc3)c2C(=O)Nc2ccccc2)C1. The Bertz CT molecular complexity index is 996. The normalized spacial score (nSPS) is 15.5. The maximum atomic E-state index is 13.1. The van der Waals surface area contributed by atoms with Crippen LogP contribution >= 0.6 is 11.3 Å². The third kappa shape index (κ3) is 3.85. The third-order valence-electron chi connectivity index (χ3n) is 5.03. The van der Waals surface area contributed by atoms with E-state index in [1.54, 1.807) is 12.1 Å². The molecule has 0 unspecified atom stereocenters. The van der Waals surface area contributed by atoms with Gasteiger partial charge in [0.15, 0.2) is 0 Å². The highest BCUT2D eigenvalue weighted by molar-refractivity contribution is 7.17. The topological polar surface area (TPSA) is 58.2 Å². The lowest BCUT2D eigenvalue weighted by molar-refractivity contribution is 0.102. The molecule has 2 N–H and O–H groups in total. The molecule has 1 aromatic heterocycles. The maximum absolute atomic E-state index is 13.1. The summed E-state index contributed by atoms with van der Waals surface area (Å²) in [5.41, 5.74) is 3.02. The predicted octanol–water partition coefficient (Wildman–Crippen LogP) is 5.38. The number of rotatable bonds is 4. The molecular formula is C23H22N2O2S. The van der Waals surface area contributed by atoms with Gasteiger partial charge in [-0.15, -0.1) is 11.3 Å². The molecule has 0 saturated carbocycles. The van der Waals surface area contributed by atoms with E-state index in [1.165, 1.54) is 16.2 Å². The highest BCUT2D eigenvalue weighted by atomic mass is 32.1. The summed E-state index contributed by atoms with van der Waals surface area (Å²) >= 11 is 1.53. The van der Waals surface area contributed by atoms with Gasteiger partial charge in [0.05, 0.1) is 5.56 Å². The number of benzene rings is 2. The lowest BCUT2D eigenvalue weighted by Crippen LogP contribution is -2.19. The van der Waals surface area contributed by atoms with Crippen molar-refractivity contribution in [3.05, 3.63) is 82.2 Å². The second kappa shape index (κ2) is 7.98. The van der Waals surface area contributed by atoms with Crippen molar-refractivity contribution in [3.8, 4) is 0 Å². The molecule has 2 aromatic carbocycles. The van der Waals surface area contributed by atoms with E-state index in [0.29, 0.717) is 22.0 Å². The van der Waals surface area contributed by atoms with E-state index in [4.69, 9.17) is 0 Å². The molecule has 3 aromatic rings. The van der Waals surface area contributed by atoms with E-state index >= 15 is 0 Å². The van der Waals surface area contributed by atoms with Gasteiger partial charge < -0.3 is 10.6 Å². The van der Waals surface area contributed by atoms with Crippen LogP contribution < -0.4 is 10.6 Å². The monoisotopic (exact) mass is 390 g/mol. The van der Waals surface area contributed by atoms with Crippen LogP contribution in [0.3, 0.4) is 0 Å². The van der Waals surface area contributed by atoms with Gasteiger partial charge in [-0.25, -0.2) is 0 Å². The molecule has 1 aliphatic carbocycles. The van der Waals surface area contributed by atoms with Crippen LogP contribution in [0.1, 0.15) is 44.5 Å². The Hall–Kier alpha value is -2.92. The number of carbonyl (C=O) groups excluding carboxylic acids is 2. The number of amides is 2. The summed E-state index contributed by atoms with van der Waals surface area (Å²) in [6.07, 6.45) is 2.87. The molecule has 1 atom stereocenters. The summed E-state index contributed by atoms with van der Waals surface area (Å²) in [6.45, 7) is 2.23. The molecule has 4 nitrogen and oxygen atoms in total. The number of hydrogen-bond acceptors (Lipinski definition) is 3. The Kier molecular flexibility index (Phi) is 5.26. The van der Waals surface area contributed by atoms with Gasteiger partial charge in [-0.3, -0.25) is 9.59 Å². The van der Waals surface area contributed by atoms with E-state index in [1.807, 2.05) is 48.5 Å². The molecule has 142 valence electrons. The molecule has 0 fully saturated rings. The average molecular weight is 391 g/mol. The van der Waals surface area contributed by atoms with Gasteiger partial charge in [-0.1, -0.05) is 43.3 Å². The first kappa shape index (κ1) is 18.4. The summed E-state index contributed by atoms with van der Waals surface area (Å²) < 4.78 is 0. The smallest absolute Gasteiger partial charge is 0.258 e. The number of para-hydroxylation sites is 1. The number of nitrogens with one attached hydrogen (secondary N) is 2. The second-order valence-electron chi connectivity index (χ2n) is 7.20. The van der Waals surface area contributed by atoms with Crippen molar-refractivity contribution in [3.63, 3.8) is 0 Å². The van der Waals surface area contributed by atoms with E-state index in [-0.39, 0.29) is 11.8 Å². The lowest BCUT2D eigenvalue weighted by atomic mass is 9.88. The first-order chi connectivity index (χ1) is 13.6. The lowest BCUT2D eigenvalue weighted by Gasteiger charge is -2.18. The Labute approximate surface area is 168 Å². The minimum Gasteiger partial charge on any atom is -0.322 e. The molecule has 1 heterocycles. The highest BCUT2D eigenvalue weighted by Crippen LogP contribution is 2.40. The first-order valence-corrected chi connectivity index (χ1v) is 10.3. The van der Waals surface area contributed by atoms with Crippen molar-refractivity contribution in [1.29, 1.82) is 0 Å². The molecule has 1 aliphatic rings. The Morgan fingerprint density at radius 1 is 0.929 bits per heavy atom. The Balaban J connectivity index is 1.67. The number of carbonyl (C=O) groups is 2. The summed E-state index contributed by atoms with van der Waals surface area (Å²) in [5, 5.41) is 6.60. The zero-order chi connectivity index (χ0) is 19.5. The zero-order valence-corrected chi connectivity index (χ0v) is 16.5. The van der Waals surface area contributed by atoms with Crippen molar-refractivity contribution in [2.75, 3.05) is 10.6 Å². The second-order valence-corrected chi connectivity index (χ2v) is 8.30. The van der Waals surface area contributed by atoms with E-state index in [9.17, 15) is 9.59 Å². The van der Waals surface area contributed by atoms with Gasteiger partial charge >= 0.3 is 0 Å². The third-order valence-corrected chi connectivity index (χ3v) is 6.20. The van der Waals surface area contributed by atoms with E-state index < -0.39 is 0 Å². The largest absolute Gasteiger partial charge is 0.322 e. The molecular weight excluding hydrogens is 368 g/mol. The minimum absolute atomic E-state index is 0.165. The average Bonchev–Trinajstić information content (AvgIpc) is 3.06. The van der Waals surface area contributed by atoms with Crippen molar-refractivity contribution in [2.45, 2.75) is 26.2 Å². The van der Waals surface area contributed by atoms with Crippen molar-refractivity contribution in [1.82, 2.24) is 0 Å². The molecule has 4 rings (SSSR count). The van der Waals surface area contributed by atoms with Crippen LogP contribution in [0.4, 0.5) is 10.7 Å². The van der Waals surface area contributed by atoms with Crippen molar-refractivity contribution >= 4 is 33.8 Å². The molecule has 0 spiro atoms. The fraction of sp³-hybridized carbons (Fsp3) is 0.217. The van der Waals surface area contributed by atoms with E-state index in [0.717, 1.165) is 30.5 Å². The van der Waals surface area contributed by atoms with Crippen LogP contribution in [-0.4, -0.2) is 11.8 Å². The molecule has 2 amide bonds. The van der Waals surface area contributed by atoms with Gasteiger partial charge in [0, 0.05) is 16.1 Å². The first-order valence-electron chi connectivity index (χ1n) is 9.49. The summed E-state index contributed by atoms with van der Waals surface area (Å²) in [4.78, 5) is 27.0. The summed E-state index contributed by atoms with van der Waals surface area (Å²) in [7, 11) is 0. The number of fused-ring (bicyclic) bond motifs is 1. The van der Waals surface area contributed by atoms with Crippen molar-refractivity contribution in [2.24, 2.45) is 5.92 Å².